The molecule has 6 heteroatoms. The van der Waals surface area contributed by atoms with E-state index in [1.165, 1.54) is 0 Å². The number of aliphatic hydroxyl groups is 1. The molecule has 4 nitrogen and oxygen atoms in total. The Hall–Kier alpha value is -0.810. The number of aliphatic hydroxyl groups excluding tert-OH is 1. The van der Waals surface area contributed by atoms with E-state index in [-0.39, 0.29) is 12.5 Å². The van der Waals surface area contributed by atoms with E-state index in [9.17, 15) is 9.90 Å². The lowest BCUT2D eigenvalue weighted by atomic mass is 9.86. The van der Waals surface area contributed by atoms with E-state index in [2.05, 4.69) is 10.2 Å². The summed E-state index contributed by atoms with van der Waals surface area (Å²) in [6.07, 6.45) is 4.07. The molecule has 1 fully saturated rings. The first-order chi connectivity index (χ1) is 10.5. The fourth-order valence-electron chi connectivity index (χ4n) is 2.92. The van der Waals surface area contributed by atoms with Crippen LogP contribution in [0, 0.1) is 5.92 Å². The van der Waals surface area contributed by atoms with Gasteiger partial charge in [-0.2, -0.15) is 0 Å². The lowest BCUT2D eigenvalue weighted by Gasteiger charge is -2.33. The molecule has 1 amide bonds. The number of hydrogen-bond acceptors (Lipinski definition) is 3. The molecule has 0 saturated heterocycles. The highest BCUT2D eigenvalue weighted by atomic mass is 35.5. The molecule has 0 atom stereocenters. The van der Waals surface area contributed by atoms with Gasteiger partial charge in [0.05, 0.1) is 22.3 Å². The maximum absolute atomic E-state index is 12.2. The van der Waals surface area contributed by atoms with Gasteiger partial charge in [-0.25, -0.2) is 0 Å². The van der Waals surface area contributed by atoms with Gasteiger partial charge >= 0.3 is 0 Å². The van der Waals surface area contributed by atoms with E-state index in [0.717, 1.165) is 25.7 Å². The molecular weight excluding hydrogens is 323 g/mol. The number of carbonyl (C=O) groups excluding carboxylic acids is 1. The van der Waals surface area contributed by atoms with E-state index in [1.54, 1.807) is 18.2 Å². The van der Waals surface area contributed by atoms with Crippen LogP contribution in [0.1, 0.15) is 25.7 Å². The van der Waals surface area contributed by atoms with Crippen LogP contribution in [-0.2, 0) is 4.79 Å². The Morgan fingerprint density at radius 1 is 1.27 bits per heavy atom. The van der Waals surface area contributed by atoms with Gasteiger partial charge in [0.1, 0.15) is 0 Å². The van der Waals surface area contributed by atoms with Crippen molar-refractivity contribution in [2.45, 2.75) is 31.7 Å². The second kappa shape index (κ2) is 8.16. The molecule has 0 heterocycles. The van der Waals surface area contributed by atoms with Gasteiger partial charge in [-0.3, -0.25) is 9.69 Å². The SMILES string of the molecule is CN(CC(=O)Nc1c(Cl)cccc1Cl)C1CCC(CO)CC1. The molecule has 0 aromatic heterocycles. The number of nitrogens with one attached hydrogen (secondary N) is 1. The third-order valence-corrected chi connectivity index (χ3v) is 4.95. The first-order valence-electron chi connectivity index (χ1n) is 7.56. The predicted molar refractivity (Wildman–Crippen MR) is 90.6 cm³/mol. The van der Waals surface area contributed by atoms with Crippen LogP contribution in [0.4, 0.5) is 5.69 Å². The van der Waals surface area contributed by atoms with E-state index in [4.69, 9.17) is 23.2 Å². The van der Waals surface area contributed by atoms with Crippen molar-refractivity contribution < 1.29 is 9.90 Å². The molecule has 0 spiro atoms. The molecule has 0 radical (unpaired) electrons. The smallest absolute Gasteiger partial charge is 0.238 e. The van der Waals surface area contributed by atoms with Crippen LogP contribution in [-0.4, -0.2) is 42.2 Å². The maximum Gasteiger partial charge on any atom is 0.238 e. The molecule has 22 heavy (non-hydrogen) atoms. The van der Waals surface area contributed by atoms with Gasteiger partial charge in [-0.15, -0.1) is 0 Å². The molecular formula is C16H22Cl2N2O2. The summed E-state index contributed by atoms with van der Waals surface area (Å²) >= 11 is 12.1. The molecule has 122 valence electrons. The second-order valence-electron chi connectivity index (χ2n) is 5.92. The van der Waals surface area contributed by atoms with Crippen LogP contribution in [0.25, 0.3) is 0 Å². The molecule has 1 saturated carbocycles. The summed E-state index contributed by atoms with van der Waals surface area (Å²) in [5.74, 6) is 0.294. The van der Waals surface area contributed by atoms with Crippen LogP contribution in [0.15, 0.2) is 18.2 Å². The number of anilines is 1. The minimum absolute atomic E-state index is 0.123. The van der Waals surface area contributed by atoms with Crippen LogP contribution in [0.5, 0.6) is 0 Å². The highest BCUT2D eigenvalue weighted by Gasteiger charge is 2.24. The minimum atomic E-state index is -0.123. The van der Waals surface area contributed by atoms with E-state index in [1.807, 2.05) is 7.05 Å². The number of nitrogens with zero attached hydrogens (tertiary/aromatic N) is 1. The molecule has 1 aromatic rings. The number of halogens is 2. The molecule has 1 aliphatic rings. The van der Waals surface area contributed by atoms with E-state index >= 15 is 0 Å². The lowest BCUT2D eigenvalue weighted by Crippen LogP contribution is -2.40. The van der Waals surface area contributed by atoms with Crippen molar-refractivity contribution >= 4 is 34.8 Å². The van der Waals surface area contributed by atoms with Crippen molar-refractivity contribution in [2.75, 3.05) is 25.5 Å². The molecule has 0 unspecified atom stereocenters. The normalized spacial score (nSPS) is 21.9. The van der Waals surface area contributed by atoms with E-state index < -0.39 is 0 Å². The Bertz CT molecular complexity index is 497. The summed E-state index contributed by atoms with van der Waals surface area (Å²) in [6, 6.07) is 5.52. The number of amides is 1. The Labute approximate surface area is 141 Å². The number of rotatable bonds is 5. The first kappa shape index (κ1) is 17.5. The van der Waals surface area contributed by atoms with Crippen molar-refractivity contribution in [3.63, 3.8) is 0 Å². The molecule has 1 aliphatic carbocycles. The Morgan fingerprint density at radius 3 is 2.41 bits per heavy atom. The zero-order chi connectivity index (χ0) is 16.1. The summed E-state index contributed by atoms with van der Waals surface area (Å²) in [5, 5.41) is 12.8. The number of likely N-dealkylation sites (N-methyl/N-ethyl adjacent to an activating group) is 1. The topological polar surface area (TPSA) is 52.6 Å². The summed E-state index contributed by atoms with van der Waals surface area (Å²) in [6.45, 7) is 0.567. The molecule has 0 bridgehead atoms. The minimum Gasteiger partial charge on any atom is -0.396 e. The first-order valence-corrected chi connectivity index (χ1v) is 8.31. The highest BCUT2D eigenvalue weighted by molar-refractivity contribution is 6.39. The molecule has 1 aromatic carbocycles. The second-order valence-corrected chi connectivity index (χ2v) is 6.73. The van der Waals surface area contributed by atoms with Crippen LogP contribution in [0.2, 0.25) is 10.0 Å². The Kier molecular flexibility index (Phi) is 6.50. The fourth-order valence-corrected chi connectivity index (χ4v) is 3.41. The number of para-hydroxylation sites is 1. The molecule has 2 N–H and O–H groups in total. The summed E-state index contributed by atoms with van der Waals surface area (Å²) in [5.41, 5.74) is 0.466. The number of carbonyl (C=O) groups is 1. The predicted octanol–water partition coefficient (Wildman–Crippen LogP) is 3.41. The largest absolute Gasteiger partial charge is 0.396 e. The summed E-state index contributed by atoms with van der Waals surface area (Å²) in [4.78, 5) is 14.2. The van der Waals surface area contributed by atoms with Gasteiger partial charge in [0, 0.05) is 12.6 Å². The zero-order valence-electron chi connectivity index (χ0n) is 12.7. The van der Waals surface area contributed by atoms with Crippen molar-refractivity contribution in [1.82, 2.24) is 4.90 Å². The van der Waals surface area contributed by atoms with Gasteiger partial charge in [-0.05, 0) is 50.8 Å². The molecule has 0 aliphatic heterocycles. The summed E-state index contributed by atoms with van der Waals surface area (Å²) in [7, 11) is 1.96. The monoisotopic (exact) mass is 344 g/mol. The standard InChI is InChI=1S/C16H22Cl2N2O2/c1-20(12-7-5-11(10-21)6-8-12)9-15(22)19-16-13(17)3-2-4-14(16)18/h2-4,11-12,21H,5-10H2,1H3,(H,19,22). The third kappa shape index (κ3) is 4.59. The average molecular weight is 345 g/mol. The van der Waals surface area contributed by atoms with Crippen LogP contribution < -0.4 is 5.32 Å². The Balaban J connectivity index is 1.87. The fraction of sp³-hybridized carbons (Fsp3) is 0.562. The van der Waals surface area contributed by atoms with Crippen molar-refractivity contribution in [3.8, 4) is 0 Å². The van der Waals surface area contributed by atoms with E-state index in [0.29, 0.717) is 34.2 Å². The van der Waals surface area contributed by atoms with Crippen molar-refractivity contribution in [1.29, 1.82) is 0 Å². The third-order valence-electron chi connectivity index (χ3n) is 4.32. The number of hydrogen-bond donors (Lipinski definition) is 2. The average Bonchev–Trinajstić information content (AvgIpc) is 2.51. The zero-order valence-corrected chi connectivity index (χ0v) is 14.2. The highest BCUT2D eigenvalue weighted by Crippen LogP contribution is 2.30. The van der Waals surface area contributed by atoms with Crippen LogP contribution in [0.3, 0.4) is 0 Å². The van der Waals surface area contributed by atoms with Gasteiger partial charge in [-0.1, -0.05) is 29.3 Å². The van der Waals surface area contributed by atoms with Gasteiger partial charge in [0.15, 0.2) is 0 Å². The van der Waals surface area contributed by atoms with Crippen LogP contribution >= 0.6 is 23.2 Å². The van der Waals surface area contributed by atoms with Crippen molar-refractivity contribution in [2.24, 2.45) is 5.92 Å². The number of benzene rings is 1. The maximum atomic E-state index is 12.2. The van der Waals surface area contributed by atoms with Gasteiger partial charge < -0.3 is 10.4 Å². The van der Waals surface area contributed by atoms with Gasteiger partial charge in [0.2, 0.25) is 5.91 Å². The summed E-state index contributed by atoms with van der Waals surface area (Å²) < 4.78 is 0. The molecule has 2 rings (SSSR count). The quantitative estimate of drug-likeness (QED) is 0.860. The lowest BCUT2D eigenvalue weighted by molar-refractivity contribution is -0.117. The van der Waals surface area contributed by atoms with Gasteiger partial charge in [0.25, 0.3) is 0 Å². The van der Waals surface area contributed by atoms with Crippen molar-refractivity contribution in [3.05, 3.63) is 28.2 Å². The Morgan fingerprint density at radius 2 is 1.86 bits per heavy atom.